The number of urea groups is 1. The Hall–Kier alpha value is -4.44. The van der Waals surface area contributed by atoms with Crippen molar-refractivity contribution in [3.05, 3.63) is 23.8 Å². The summed E-state index contributed by atoms with van der Waals surface area (Å²) in [5.41, 5.74) is 4.95. The molecule has 0 aliphatic carbocycles. The van der Waals surface area contributed by atoms with Crippen LogP contribution in [0.3, 0.4) is 0 Å². The minimum atomic E-state index is -0.818. The van der Waals surface area contributed by atoms with Crippen LogP contribution < -0.4 is 31.7 Å². The third-order valence-corrected chi connectivity index (χ3v) is 6.69. The van der Waals surface area contributed by atoms with Crippen molar-refractivity contribution in [3.63, 3.8) is 0 Å². The van der Waals surface area contributed by atoms with Crippen molar-refractivity contribution in [1.82, 2.24) is 20.9 Å². The number of nitrogens with two attached hydrogens (primary N) is 1. The Balaban J connectivity index is 3.00. The third kappa shape index (κ3) is 18.1. The number of rotatable bonds is 21. The molecule has 0 bridgehead atoms. The van der Waals surface area contributed by atoms with Gasteiger partial charge in [0.2, 0.25) is 11.8 Å². The number of carbonyl (C=O) groups is 6. The molecule has 0 aliphatic heterocycles. The van der Waals surface area contributed by atoms with Crippen molar-refractivity contribution in [1.29, 1.82) is 0 Å². The van der Waals surface area contributed by atoms with Gasteiger partial charge in [0.1, 0.15) is 23.5 Å². The Morgan fingerprint density at radius 1 is 0.959 bits per heavy atom. The van der Waals surface area contributed by atoms with E-state index in [-0.39, 0.29) is 81.2 Å². The number of anilines is 1. The normalized spacial score (nSPS) is 12.4. The molecule has 1 aromatic carbocycles. The Kier molecular flexibility index (Phi) is 18.7. The number of benzene rings is 1. The summed E-state index contributed by atoms with van der Waals surface area (Å²) in [4.78, 5) is 76.4. The van der Waals surface area contributed by atoms with Crippen LogP contribution in [0, 0.1) is 11.8 Å². The Morgan fingerprint density at radius 2 is 1.65 bits per heavy atom. The molecule has 0 spiro atoms. The van der Waals surface area contributed by atoms with Gasteiger partial charge in [0, 0.05) is 37.2 Å². The van der Waals surface area contributed by atoms with Gasteiger partial charge in [-0.25, -0.2) is 14.4 Å². The van der Waals surface area contributed by atoms with E-state index in [1.807, 2.05) is 0 Å². The average molecular weight is 695 g/mol. The van der Waals surface area contributed by atoms with Gasteiger partial charge in [0.15, 0.2) is 5.78 Å². The maximum atomic E-state index is 13.5. The van der Waals surface area contributed by atoms with Crippen LogP contribution in [0.15, 0.2) is 18.2 Å². The van der Waals surface area contributed by atoms with E-state index in [1.54, 1.807) is 53.6 Å². The predicted molar refractivity (Wildman–Crippen MR) is 182 cm³/mol. The monoisotopic (exact) mass is 694 g/mol. The summed E-state index contributed by atoms with van der Waals surface area (Å²) >= 11 is 0. The molecule has 0 heterocycles. The summed E-state index contributed by atoms with van der Waals surface area (Å²) in [6, 6.07) is 2.89. The molecular weight excluding hydrogens is 640 g/mol. The Bertz CT molecular complexity index is 1260. The molecule has 5 amide bonds. The first-order valence-corrected chi connectivity index (χ1v) is 16.1. The molecule has 0 aromatic heterocycles. The van der Waals surface area contributed by atoms with Gasteiger partial charge in [-0.2, -0.15) is 0 Å². The van der Waals surface area contributed by atoms with E-state index in [0.717, 1.165) is 0 Å². The molecule has 0 fully saturated rings. The number of hydrogen-bond donors (Lipinski definition) is 5. The summed E-state index contributed by atoms with van der Waals surface area (Å²) in [6.45, 7) is 9.75. The second-order valence-electron chi connectivity index (χ2n) is 12.9. The molecule has 49 heavy (non-hydrogen) atoms. The molecule has 6 N–H and O–H groups in total. The smallest absolute Gasteiger partial charge is 0.407 e. The fourth-order valence-electron chi connectivity index (χ4n) is 4.48. The lowest BCUT2D eigenvalue weighted by Crippen LogP contribution is -2.48. The first-order chi connectivity index (χ1) is 22.9. The van der Waals surface area contributed by atoms with Crippen LogP contribution in [-0.4, -0.2) is 113 Å². The second kappa shape index (κ2) is 21.5. The highest BCUT2D eigenvalue weighted by Gasteiger charge is 2.30. The summed E-state index contributed by atoms with van der Waals surface area (Å²) < 4.78 is 21.3. The fraction of sp³-hybridized carbons (Fsp3) is 0.636. The number of methoxy groups -OCH3 is 1. The Morgan fingerprint density at radius 3 is 2.24 bits per heavy atom. The van der Waals surface area contributed by atoms with Crippen LogP contribution in [0.5, 0.6) is 5.75 Å². The van der Waals surface area contributed by atoms with Crippen LogP contribution >= 0.6 is 0 Å². The van der Waals surface area contributed by atoms with Crippen molar-refractivity contribution >= 4 is 41.4 Å². The van der Waals surface area contributed by atoms with E-state index in [9.17, 15) is 28.8 Å². The maximum Gasteiger partial charge on any atom is 0.407 e. The molecule has 0 unspecified atom stereocenters. The standard InChI is InChI=1S/C33H54N6O10/c1-21(2)28(38-27(41)20-39(6)7)25(40)18-22(10-9-13-35-31(34)44)29(42)37-23-11-12-24(30(43)46-8)26(19-23)48-17-16-47-15-14-36-32(45)49-33(3,4)5/h11-12,19,21-22,28H,9-10,13-18,20H2,1-8H3,(H,36,45)(H,37,42)(H,38,41)(H3,34,35,44)/t22-,28+/m1/s1. The highest BCUT2D eigenvalue weighted by atomic mass is 16.6. The number of primary amides is 1. The minimum absolute atomic E-state index is 0.0357. The van der Waals surface area contributed by atoms with Gasteiger partial charge in [-0.05, 0) is 65.8 Å². The van der Waals surface area contributed by atoms with E-state index in [2.05, 4.69) is 21.3 Å². The SMILES string of the molecule is COC(=O)c1ccc(NC(=O)[C@H](CCCNC(N)=O)CC(=O)[C@@H](NC(=O)CN(C)C)C(C)C)cc1OCCOCCNC(=O)OC(C)(C)C. The van der Waals surface area contributed by atoms with Crippen LogP contribution in [0.1, 0.15) is 64.2 Å². The van der Waals surface area contributed by atoms with Crippen LogP contribution in [0.2, 0.25) is 0 Å². The van der Waals surface area contributed by atoms with Gasteiger partial charge >= 0.3 is 18.1 Å². The van der Waals surface area contributed by atoms with Crippen LogP contribution in [0.4, 0.5) is 15.3 Å². The zero-order valence-corrected chi connectivity index (χ0v) is 29.9. The number of nitrogens with zero attached hydrogens (tertiary/aromatic N) is 1. The molecule has 16 heteroatoms. The lowest BCUT2D eigenvalue weighted by molar-refractivity contribution is -0.131. The topological polar surface area (TPSA) is 217 Å². The van der Waals surface area contributed by atoms with Gasteiger partial charge in [0.25, 0.3) is 0 Å². The number of esters is 1. The number of likely N-dealkylation sites (N-methyl/N-ethyl adjacent to an activating group) is 1. The minimum Gasteiger partial charge on any atom is -0.490 e. The number of Topliss-reactive ketones (excluding diaryl/α,β-unsaturated/α-hetero) is 1. The molecule has 0 aliphatic rings. The zero-order valence-electron chi connectivity index (χ0n) is 29.9. The number of nitrogens with one attached hydrogen (secondary N) is 4. The maximum absolute atomic E-state index is 13.5. The number of ketones is 1. The molecule has 16 nitrogen and oxygen atoms in total. The molecule has 0 saturated heterocycles. The molecular formula is C33H54N6O10. The number of alkyl carbamates (subject to hydrolysis) is 1. The van der Waals surface area contributed by atoms with Gasteiger partial charge in [0.05, 0.1) is 32.9 Å². The largest absolute Gasteiger partial charge is 0.490 e. The zero-order chi connectivity index (χ0) is 37.1. The molecule has 1 rings (SSSR count). The van der Waals surface area contributed by atoms with Crippen molar-refractivity contribution in [2.45, 2.75) is 65.5 Å². The van der Waals surface area contributed by atoms with E-state index in [0.29, 0.717) is 12.1 Å². The molecule has 0 saturated carbocycles. The van der Waals surface area contributed by atoms with Gasteiger partial charge in [-0.1, -0.05) is 13.8 Å². The highest BCUT2D eigenvalue weighted by Crippen LogP contribution is 2.26. The van der Waals surface area contributed by atoms with E-state index >= 15 is 0 Å². The van der Waals surface area contributed by atoms with Gasteiger partial charge in [-0.15, -0.1) is 0 Å². The summed E-state index contributed by atoms with van der Waals surface area (Å²) in [5, 5.41) is 10.6. The molecule has 276 valence electrons. The summed E-state index contributed by atoms with van der Waals surface area (Å²) in [6.07, 6.45) is -0.138. The highest BCUT2D eigenvalue weighted by molar-refractivity contribution is 5.99. The lowest BCUT2D eigenvalue weighted by Gasteiger charge is -2.24. The predicted octanol–water partition coefficient (Wildman–Crippen LogP) is 2.06. The second-order valence-corrected chi connectivity index (χ2v) is 12.9. The summed E-state index contributed by atoms with van der Waals surface area (Å²) in [5.74, 6) is -2.68. The molecule has 2 atom stereocenters. The Labute approximate surface area is 288 Å². The quantitative estimate of drug-likeness (QED) is 0.0927. The van der Waals surface area contributed by atoms with Gasteiger partial charge < -0.3 is 50.8 Å². The first-order valence-electron chi connectivity index (χ1n) is 16.1. The molecule has 1 aromatic rings. The van der Waals surface area contributed by atoms with Crippen molar-refractivity contribution in [3.8, 4) is 5.75 Å². The van der Waals surface area contributed by atoms with E-state index < -0.39 is 41.6 Å². The fourth-order valence-corrected chi connectivity index (χ4v) is 4.48. The van der Waals surface area contributed by atoms with Crippen LogP contribution in [-0.2, 0) is 28.6 Å². The van der Waals surface area contributed by atoms with Crippen molar-refractivity contribution < 1.29 is 47.7 Å². The van der Waals surface area contributed by atoms with E-state index in [4.69, 9.17) is 24.7 Å². The lowest BCUT2D eigenvalue weighted by atomic mass is 9.89. The number of hydrogen-bond acceptors (Lipinski definition) is 11. The van der Waals surface area contributed by atoms with Gasteiger partial charge in [-0.3, -0.25) is 14.4 Å². The third-order valence-electron chi connectivity index (χ3n) is 6.69. The van der Waals surface area contributed by atoms with Crippen molar-refractivity contribution in [2.75, 3.05) is 66.0 Å². The average Bonchev–Trinajstić information content (AvgIpc) is 2.98. The summed E-state index contributed by atoms with van der Waals surface area (Å²) in [7, 11) is 4.71. The first kappa shape index (κ1) is 42.6. The van der Waals surface area contributed by atoms with Crippen molar-refractivity contribution in [2.24, 2.45) is 17.6 Å². The number of amides is 5. The number of carbonyl (C=O) groups excluding carboxylic acids is 6. The number of ether oxygens (including phenoxy) is 4. The van der Waals surface area contributed by atoms with E-state index in [1.165, 1.54) is 25.3 Å². The van der Waals surface area contributed by atoms with Crippen LogP contribution in [0.25, 0.3) is 0 Å². The molecule has 0 radical (unpaired) electrons.